The van der Waals surface area contributed by atoms with Crippen molar-refractivity contribution in [1.82, 2.24) is 4.98 Å². The lowest BCUT2D eigenvalue weighted by molar-refractivity contribution is -0.118. The van der Waals surface area contributed by atoms with Crippen molar-refractivity contribution in [2.24, 2.45) is 0 Å². The smallest absolute Gasteiger partial charge is 0.262 e. The highest BCUT2D eigenvalue weighted by Gasteiger charge is 2.24. The molecule has 2 heterocycles. The van der Waals surface area contributed by atoms with Crippen LogP contribution in [0.4, 0.5) is 11.4 Å². The number of benzene rings is 2. The zero-order valence-corrected chi connectivity index (χ0v) is 18.1. The summed E-state index contributed by atoms with van der Waals surface area (Å²) in [6.45, 7) is 1.56. The van der Waals surface area contributed by atoms with Crippen molar-refractivity contribution >= 4 is 50.7 Å². The third-order valence-electron chi connectivity index (χ3n) is 4.24. The molecule has 2 aromatic carbocycles. The van der Waals surface area contributed by atoms with E-state index in [1.807, 2.05) is 18.2 Å². The van der Waals surface area contributed by atoms with Gasteiger partial charge in [0, 0.05) is 11.1 Å². The highest BCUT2D eigenvalue weighted by atomic mass is 35.5. The van der Waals surface area contributed by atoms with Crippen LogP contribution in [-0.4, -0.2) is 25.9 Å². The molecule has 1 aromatic heterocycles. The molecule has 0 unspecified atom stereocenters. The van der Waals surface area contributed by atoms with Gasteiger partial charge in [-0.25, -0.2) is 13.4 Å². The second kappa shape index (κ2) is 8.17. The summed E-state index contributed by atoms with van der Waals surface area (Å²) in [7, 11) is -3.92. The van der Waals surface area contributed by atoms with E-state index in [0.29, 0.717) is 27.7 Å². The molecular weight excluding hydrogens is 446 g/mol. The Morgan fingerprint density at radius 3 is 2.77 bits per heavy atom. The predicted molar refractivity (Wildman–Crippen MR) is 116 cm³/mol. The molecule has 7 nitrogen and oxygen atoms in total. The summed E-state index contributed by atoms with van der Waals surface area (Å²) >= 11 is 7.73. The lowest BCUT2D eigenvalue weighted by atomic mass is 10.2. The lowest BCUT2D eigenvalue weighted by Gasteiger charge is -2.20. The molecule has 30 heavy (non-hydrogen) atoms. The summed E-state index contributed by atoms with van der Waals surface area (Å²) in [5, 5.41) is 3.79. The SMILES string of the molecule is Cc1cc2c(cc1S(=O)(=O)Nc1ccc(Sc3ccccn3)c(Cl)c1)NC(=O)CO2. The molecule has 3 aromatic rings. The van der Waals surface area contributed by atoms with E-state index in [9.17, 15) is 13.2 Å². The quantitative estimate of drug-likeness (QED) is 0.587. The maximum Gasteiger partial charge on any atom is 0.262 e. The van der Waals surface area contributed by atoms with Crippen molar-refractivity contribution in [3.8, 4) is 5.75 Å². The lowest BCUT2D eigenvalue weighted by Crippen LogP contribution is -2.26. The summed E-state index contributed by atoms with van der Waals surface area (Å²) in [4.78, 5) is 16.6. The monoisotopic (exact) mass is 461 g/mol. The molecule has 0 atom stereocenters. The Balaban J connectivity index is 1.59. The molecule has 0 saturated carbocycles. The summed E-state index contributed by atoms with van der Waals surface area (Å²) in [5.74, 6) is 0.0976. The number of nitrogens with zero attached hydrogens (tertiary/aromatic N) is 1. The van der Waals surface area contributed by atoms with Crippen molar-refractivity contribution in [2.45, 2.75) is 21.7 Å². The van der Waals surface area contributed by atoms with E-state index in [1.54, 1.807) is 37.4 Å². The van der Waals surface area contributed by atoms with Crippen LogP contribution >= 0.6 is 23.4 Å². The van der Waals surface area contributed by atoms with Gasteiger partial charge in [-0.3, -0.25) is 9.52 Å². The van der Waals surface area contributed by atoms with E-state index in [2.05, 4.69) is 15.0 Å². The fourth-order valence-electron chi connectivity index (χ4n) is 2.88. The first-order valence-corrected chi connectivity index (χ1v) is 11.5. The van der Waals surface area contributed by atoms with Crippen molar-refractivity contribution < 1.29 is 17.9 Å². The molecule has 0 saturated heterocycles. The molecule has 0 aliphatic carbocycles. The molecule has 0 fully saturated rings. The first kappa shape index (κ1) is 20.5. The number of anilines is 2. The molecule has 1 amide bonds. The van der Waals surface area contributed by atoms with E-state index < -0.39 is 10.0 Å². The molecule has 2 N–H and O–H groups in total. The van der Waals surface area contributed by atoms with Gasteiger partial charge in [0.05, 0.1) is 21.3 Å². The number of amides is 1. The van der Waals surface area contributed by atoms with E-state index >= 15 is 0 Å². The average Bonchev–Trinajstić information content (AvgIpc) is 2.70. The fourth-order valence-corrected chi connectivity index (χ4v) is 5.25. The minimum Gasteiger partial charge on any atom is -0.482 e. The first-order chi connectivity index (χ1) is 14.3. The second-order valence-corrected chi connectivity index (χ2v) is 9.59. The minimum atomic E-state index is -3.92. The van der Waals surface area contributed by atoms with Gasteiger partial charge < -0.3 is 10.1 Å². The molecule has 154 valence electrons. The number of pyridine rings is 1. The van der Waals surface area contributed by atoms with Crippen molar-refractivity contribution in [3.63, 3.8) is 0 Å². The molecule has 1 aliphatic rings. The van der Waals surface area contributed by atoms with E-state index in [4.69, 9.17) is 16.3 Å². The summed E-state index contributed by atoms with van der Waals surface area (Å²) in [6, 6.07) is 13.4. The summed E-state index contributed by atoms with van der Waals surface area (Å²) < 4.78 is 33.8. The number of aryl methyl sites for hydroxylation is 1. The van der Waals surface area contributed by atoms with Crippen molar-refractivity contribution in [2.75, 3.05) is 16.6 Å². The molecular formula is C20H16ClN3O4S2. The van der Waals surface area contributed by atoms with Crippen LogP contribution in [0.1, 0.15) is 5.56 Å². The van der Waals surface area contributed by atoms with Gasteiger partial charge in [0.2, 0.25) is 0 Å². The summed E-state index contributed by atoms with van der Waals surface area (Å²) in [6.07, 6.45) is 1.69. The van der Waals surface area contributed by atoms with E-state index in [0.717, 1.165) is 9.92 Å². The largest absolute Gasteiger partial charge is 0.482 e. The number of sulfonamides is 1. The first-order valence-electron chi connectivity index (χ1n) is 8.80. The number of aromatic nitrogens is 1. The predicted octanol–water partition coefficient (Wildman–Crippen LogP) is 4.33. The van der Waals surface area contributed by atoms with Crippen LogP contribution in [-0.2, 0) is 14.8 Å². The number of ether oxygens (including phenoxy) is 1. The van der Waals surface area contributed by atoms with Gasteiger partial charge in [0.25, 0.3) is 15.9 Å². The number of fused-ring (bicyclic) bond motifs is 1. The maximum atomic E-state index is 13.0. The highest BCUT2D eigenvalue weighted by Crippen LogP contribution is 2.36. The maximum absolute atomic E-state index is 13.0. The number of rotatable bonds is 5. The van der Waals surface area contributed by atoms with Crippen LogP contribution in [0.25, 0.3) is 0 Å². The Kier molecular flexibility index (Phi) is 5.59. The standard InChI is InChI=1S/C20H16ClN3O4S2/c1-12-8-16-15(23-19(25)11-28-16)10-18(12)30(26,27)24-13-5-6-17(14(21)9-13)29-20-4-2-3-7-22-20/h2-10,24H,11H2,1H3,(H,23,25). The summed E-state index contributed by atoms with van der Waals surface area (Å²) in [5.41, 5.74) is 1.13. The minimum absolute atomic E-state index is 0.0371. The molecule has 4 rings (SSSR count). The van der Waals surface area contributed by atoms with Crippen LogP contribution in [0.5, 0.6) is 5.75 Å². The van der Waals surface area contributed by atoms with Gasteiger partial charge in [-0.1, -0.05) is 29.4 Å². The Morgan fingerprint density at radius 2 is 2.03 bits per heavy atom. The molecule has 0 radical (unpaired) electrons. The van der Waals surface area contributed by atoms with Crippen LogP contribution < -0.4 is 14.8 Å². The number of halogens is 1. The molecule has 0 bridgehead atoms. The third-order valence-corrected chi connectivity index (χ3v) is 7.21. The van der Waals surface area contributed by atoms with Gasteiger partial charge in [0.15, 0.2) is 6.61 Å². The number of carbonyl (C=O) groups excluding carboxylic acids is 1. The Labute approximate surface area is 182 Å². The molecule has 10 heteroatoms. The van der Waals surface area contributed by atoms with Crippen molar-refractivity contribution in [1.29, 1.82) is 0 Å². The van der Waals surface area contributed by atoms with E-state index in [-0.39, 0.29) is 17.4 Å². The highest BCUT2D eigenvalue weighted by molar-refractivity contribution is 7.99. The zero-order valence-electron chi connectivity index (χ0n) is 15.7. The number of hydrogen-bond donors (Lipinski definition) is 2. The van der Waals surface area contributed by atoms with Gasteiger partial charge in [-0.15, -0.1) is 0 Å². The number of hydrogen-bond acceptors (Lipinski definition) is 6. The van der Waals surface area contributed by atoms with Crippen LogP contribution in [0.3, 0.4) is 0 Å². The topological polar surface area (TPSA) is 97.4 Å². The van der Waals surface area contributed by atoms with Gasteiger partial charge >= 0.3 is 0 Å². The molecule has 1 aliphatic heterocycles. The second-order valence-electron chi connectivity index (χ2n) is 6.47. The molecule has 0 spiro atoms. The van der Waals surface area contributed by atoms with Gasteiger partial charge in [-0.05, 0) is 55.0 Å². The Bertz CT molecular complexity index is 1230. The van der Waals surface area contributed by atoms with Crippen LogP contribution in [0.15, 0.2) is 69.5 Å². The van der Waals surface area contributed by atoms with Gasteiger partial charge in [-0.2, -0.15) is 0 Å². The Hall–Kier alpha value is -2.75. The number of carbonyl (C=O) groups is 1. The van der Waals surface area contributed by atoms with Crippen LogP contribution in [0, 0.1) is 6.92 Å². The fraction of sp³-hybridized carbons (Fsp3) is 0.100. The average molecular weight is 462 g/mol. The number of nitrogens with one attached hydrogen (secondary N) is 2. The normalized spacial score (nSPS) is 13.2. The Morgan fingerprint density at radius 1 is 1.20 bits per heavy atom. The van der Waals surface area contributed by atoms with Crippen LogP contribution in [0.2, 0.25) is 5.02 Å². The third kappa shape index (κ3) is 4.38. The van der Waals surface area contributed by atoms with Gasteiger partial charge in [0.1, 0.15) is 10.8 Å². The zero-order chi connectivity index (χ0) is 21.3. The van der Waals surface area contributed by atoms with Crippen molar-refractivity contribution in [3.05, 3.63) is 65.3 Å². The van der Waals surface area contributed by atoms with E-state index in [1.165, 1.54) is 17.8 Å².